The molecule has 0 amide bonds. The molecule has 30 heavy (non-hydrogen) atoms. The Kier molecular flexibility index (Phi) is 5.75. The lowest BCUT2D eigenvalue weighted by atomic mass is 9.83. The lowest BCUT2D eigenvalue weighted by Crippen LogP contribution is -2.31. The molecule has 6 nitrogen and oxygen atoms in total. The Balaban J connectivity index is 1.53. The van der Waals surface area contributed by atoms with Gasteiger partial charge in [-0.1, -0.05) is 24.3 Å². The van der Waals surface area contributed by atoms with Crippen LogP contribution in [0.4, 0.5) is 11.4 Å². The highest BCUT2D eigenvalue weighted by Gasteiger charge is 2.32. The van der Waals surface area contributed by atoms with Crippen LogP contribution in [0.1, 0.15) is 47.4 Å². The zero-order chi connectivity index (χ0) is 21.3. The average Bonchev–Trinajstić information content (AvgIpc) is 3.26. The van der Waals surface area contributed by atoms with E-state index in [2.05, 4.69) is 30.0 Å². The molecule has 2 unspecified atom stereocenters. The third-order valence-corrected chi connectivity index (χ3v) is 6.43. The van der Waals surface area contributed by atoms with Gasteiger partial charge in [0.05, 0.1) is 17.4 Å². The van der Waals surface area contributed by atoms with Crippen LogP contribution in [0.2, 0.25) is 0 Å². The van der Waals surface area contributed by atoms with E-state index in [1.165, 1.54) is 29.7 Å². The minimum absolute atomic E-state index is 0.0991. The van der Waals surface area contributed by atoms with E-state index in [1.807, 2.05) is 6.07 Å². The fourth-order valence-corrected chi connectivity index (χ4v) is 4.65. The largest absolute Gasteiger partial charge is 0.465 e. The smallest absolute Gasteiger partial charge is 0.309 e. The van der Waals surface area contributed by atoms with Crippen LogP contribution < -0.4 is 4.90 Å². The Morgan fingerprint density at radius 3 is 2.57 bits per heavy atom. The van der Waals surface area contributed by atoms with E-state index in [-0.39, 0.29) is 28.4 Å². The highest BCUT2D eigenvalue weighted by Crippen LogP contribution is 2.35. The summed E-state index contributed by atoms with van der Waals surface area (Å²) in [6.07, 6.45) is 3.62. The van der Waals surface area contributed by atoms with Crippen LogP contribution in [0.25, 0.3) is 0 Å². The first-order valence-corrected chi connectivity index (χ1v) is 10.7. The highest BCUT2D eigenvalue weighted by molar-refractivity contribution is 5.74. The minimum atomic E-state index is -0.368. The van der Waals surface area contributed by atoms with Crippen LogP contribution in [0.3, 0.4) is 0 Å². The molecule has 2 aliphatic heterocycles. The molecule has 2 saturated heterocycles. The third kappa shape index (κ3) is 4.18. The van der Waals surface area contributed by atoms with Crippen molar-refractivity contribution in [2.24, 2.45) is 5.92 Å². The van der Waals surface area contributed by atoms with Crippen molar-refractivity contribution in [2.45, 2.75) is 45.4 Å². The fourth-order valence-electron chi connectivity index (χ4n) is 4.65. The van der Waals surface area contributed by atoms with Gasteiger partial charge in [-0.15, -0.1) is 0 Å². The van der Waals surface area contributed by atoms with E-state index in [0.717, 1.165) is 18.7 Å². The van der Waals surface area contributed by atoms with Gasteiger partial charge in [0.25, 0.3) is 5.69 Å². The summed E-state index contributed by atoms with van der Waals surface area (Å²) in [6.45, 7) is 6.46. The van der Waals surface area contributed by atoms with Crippen LogP contribution in [0, 0.1) is 29.9 Å². The molecule has 2 aliphatic rings. The second-order valence-corrected chi connectivity index (χ2v) is 8.58. The number of nitro groups is 1. The summed E-state index contributed by atoms with van der Waals surface area (Å²) in [4.78, 5) is 25.7. The van der Waals surface area contributed by atoms with Crippen LogP contribution in [0.5, 0.6) is 0 Å². The maximum absolute atomic E-state index is 12.4. The molecular formula is C24H28N2O4. The summed E-state index contributed by atoms with van der Waals surface area (Å²) in [5.74, 6) is -0.348. The van der Waals surface area contributed by atoms with Crippen molar-refractivity contribution in [3.63, 3.8) is 0 Å². The summed E-state index contributed by atoms with van der Waals surface area (Å²) in [6, 6.07) is 11.8. The van der Waals surface area contributed by atoms with Crippen LogP contribution in [0.15, 0.2) is 36.4 Å². The molecule has 2 heterocycles. The molecule has 0 aliphatic carbocycles. The van der Waals surface area contributed by atoms with Gasteiger partial charge < -0.3 is 9.64 Å². The summed E-state index contributed by atoms with van der Waals surface area (Å²) >= 11 is 0. The number of nitro benzene ring substituents is 1. The van der Waals surface area contributed by atoms with Gasteiger partial charge in [0.2, 0.25) is 0 Å². The van der Waals surface area contributed by atoms with Crippen molar-refractivity contribution in [3.8, 4) is 0 Å². The Labute approximate surface area is 177 Å². The fraction of sp³-hybridized carbons (Fsp3) is 0.458. The van der Waals surface area contributed by atoms with E-state index >= 15 is 0 Å². The van der Waals surface area contributed by atoms with Gasteiger partial charge in [0, 0.05) is 36.3 Å². The lowest BCUT2D eigenvalue weighted by molar-refractivity contribution is -0.385. The lowest BCUT2D eigenvalue weighted by Gasteiger charge is -2.30. The summed E-state index contributed by atoms with van der Waals surface area (Å²) < 4.78 is 5.54. The van der Waals surface area contributed by atoms with Crippen molar-refractivity contribution in [1.82, 2.24) is 0 Å². The number of anilines is 1. The molecule has 0 radical (unpaired) electrons. The average molecular weight is 408 g/mol. The van der Waals surface area contributed by atoms with E-state index in [0.29, 0.717) is 25.0 Å². The minimum Gasteiger partial charge on any atom is -0.465 e. The van der Waals surface area contributed by atoms with Gasteiger partial charge in [-0.3, -0.25) is 14.9 Å². The van der Waals surface area contributed by atoms with Crippen molar-refractivity contribution < 1.29 is 14.5 Å². The van der Waals surface area contributed by atoms with E-state index in [1.54, 1.807) is 19.1 Å². The molecule has 0 saturated carbocycles. The maximum Gasteiger partial charge on any atom is 0.309 e. The van der Waals surface area contributed by atoms with Crippen molar-refractivity contribution in [1.29, 1.82) is 0 Å². The molecule has 0 aromatic heterocycles. The summed E-state index contributed by atoms with van der Waals surface area (Å²) in [5, 5.41) is 11.2. The van der Waals surface area contributed by atoms with Gasteiger partial charge in [-0.05, 0) is 62.3 Å². The molecule has 0 N–H and O–H groups in total. The molecule has 4 rings (SSSR count). The van der Waals surface area contributed by atoms with Crippen molar-refractivity contribution in [3.05, 3.63) is 68.8 Å². The molecule has 2 atom stereocenters. The normalized spacial score (nSPS) is 21.5. The van der Waals surface area contributed by atoms with E-state index in [4.69, 9.17) is 4.74 Å². The molecule has 0 spiro atoms. The molecule has 0 bridgehead atoms. The zero-order valence-electron chi connectivity index (χ0n) is 17.6. The molecule has 158 valence electrons. The molecule has 2 aromatic carbocycles. The second-order valence-electron chi connectivity index (χ2n) is 8.58. The number of ether oxygens (including phenoxy) is 1. The topological polar surface area (TPSA) is 72.7 Å². The Bertz CT molecular complexity index is 966. The third-order valence-electron chi connectivity index (χ3n) is 6.43. The number of benzene rings is 2. The number of nitrogens with zero attached hydrogens (tertiary/aromatic N) is 2. The first-order chi connectivity index (χ1) is 14.4. The molecule has 2 fully saturated rings. The van der Waals surface area contributed by atoms with Gasteiger partial charge in [-0.2, -0.15) is 0 Å². The number of hydrogen-bond donors (Lipinski definition) is 0. The van der Waals surface area contributed by atoms with Crippen LogP contribution in [-0.4, -0.2) is 30.6 Å². The maximum atomic E-state index is 12.4. The molecule has 2 aromatic rings. The number of esters is 1. The first kappa shape index (κ1) is 20.4. The SMILES string of the molecule is Cc1ccc(C2COC(=O)C(Cc3ccc(C)c([N+](=O)[O-])c3)C2)cc1N1CCCC1. The second kappa shape index (κ2) is 8.46. The molecule has 6 heteroatoms. The van der Waals surface area contributed by atoms with Crippen LogP contribution >= 0.6 is 0 Å². The van der Waals surface area contributed by atoms with Crippen LogP contribution in [-0.2, 0) is 16.0 Å². The van der Waals surface area contributed by atoms with Gasteiger partial charge in [0.1, 0.15) is 0 Å². The Morgan fingerprint density at radius 2 is 1.83 bits per heavy atom. The van der Waals surface area contributed by atoms with Gasteiger partial charge >= 0.3 is 5.97 Å². The zero-order valence-corrected chi connectivity index (χ0v) is 17.6. The number of aryl methyl sites for hydroxylation is 2. The summed E-state index contributed by atoms with van der Waals surface area (Å²) in [5.41, 5.74) is 5.29. The standard InChI is InChI=1S/C24H28N2O4/c1-16-6-8-19(14-22(16)25-9-3-4-10-25)21-13-20(24(27)30-15-21)11-18-7-5-17(2)23(12-18)26(28)29/h5-8,12,14,20-21H,3-4,9-11,13,15H2,1-2H3. The summed E-state index contributed by atoms with van der Waals surface area (Å²) in [7, 11) is 0. The predicted octanol–water partition coefficient (Wildman–Crippen LogP) is 4.70. The Hall–Kier alpha value is -2.89. The van der Waals surface area contributed by atoms with Crippen molar-refractivity contribution in [2.75, 3.05) is 24.6 Å². The van der Waals surface area contributed by atoms with Crippen molar-refractivity contribution >= 4 is 17.3 Å². The predicted molar refractivity (Wildman–Crippen MR) is 116 cm³/mol. The monoisotopic (exact) mass is 408 g/mol. The Morgan fingerprint density at radius 1 is 1.10 bits per heavy atom. The first-order valence-electron chi connectivity index (χ1n) is 10.7. The number of hydrogen-bond acceptors (Lipinski definition) is 5. The van der Waals surface area contributed by atoms with E-state index in [9.17, 15) is 14.9 Å². The highest BCUT2D eigenvalue weighted by atomic mass is 16.6. The van der Waals surface area contributed by atoms with Gasteiger partial charge in [0.15, 0.2) is 0 Å². The van der Waals surface area contributed by atoms with Gasteiger partial charge in [-0.25, -0.2) is 0 Å². The number of carbonyl (C=O) groups is 1. The number of carbonyl (C=O) groups excluding carboxylic acids is 1. The quantitative estimate of drug-likeness (QED) is 0.407. The van der Waals surface area contributed by atoms with E-state index < -0.39 is 0 Å². The number of cyclic esters (lactones) is 1. The molecular weight excluding hydrogens is 380 g/mol. The number of rotatable bonds is 5.